The number of benzene rings is 2. The van der Waals surface area contributed by atoms with Gasteiger partial charge in [-0.25, -0.2) is 9.59 Å². The van der Waals surface area contributed by atoms with E-state index in [9.17, 15) is 14.4 Å². The molecule has 7 nitrogen and oxygen atoms in total. The molecule has 0 saturated heterocycles. The number of nitrogens with two attached hydrogens (primary N) is 1. The number of carbonyl (C=O) groups is 3. The van der Waals surface area contributed by atoms with Crippen molar-refractivity contribution in [3.05, 3.63) is 71.8 Å². The fourth-order valence-corrected chi connectivity index (χ4v) is 2.60. The van der Waals surface area contributed by atoms with Crippen molar-refractivity contribution in [2.24, 2.45) is 5.73 Å². The fourth-order valence-electron chi connectivity index (χ4n) is 2.60. The highest BCUT2D eigenvalue weighted by molar-refractivity contribution is 5.95. The first-order valence-electron chi connectivity index (χ1n) is 8.02. The maximum Gasteiger partial charge on any atom is 0.348 e. The monoisotopic (exact) mass is 356 g/mol. The predicted octanol–water partition coefficient (Wildman–Crippen LogP) is 1.70. The summed E-state index contributed by atoms with van der Waals surface area (Å²) in [5, 5.41) is 1.84. The summed E-state index contributed by atoms with van der Waals surface area (Å²) in [6, 6.07) is 16.7. The molecule has 0 heterocycles. The third kappa shape index (κ3) is 4.25. The molecule has 3 amide bonds. The number of esters is 1. The number of ether oxygens (including phenoxy) is 2. The Balaban J connectivity index is 2.41. The van der Waals surface area contributed by atoms with Gasteiger partial charge in [0.1, 0.15) is 0 Å². The summed E-state index contributed by atoms with van der Waals surface area (Å²) in [4.78, 5) is 35.3. The Hall–Kier alpha value is -3.19. The molecule has 0 aliphatic rings. The zero-order chi connectivity index (χ0) is 19.0. The van der Waals surface area contributed by atoms with E-state index >= 15 is 0 Å². The minimum Gasteiger partial charge on any atom is -0.453 e. The van der Waals surface area contributed by atoms with Crippen LogP contribution in [0.15, 0.2) is 60.7 Å². The van der Waals surface area contributed by atoms with Crippen molar-refractivity contribution in [3.8, 4) is 0 Å². The Bertz CT molecular complexity index is 723. The maximum absolute atomic E-state index is 13.0. The van der Waals surface area contributed by atoms with Gasteiger partial charge in [-0.15, -0.1) is 0 Å². The Kier molecular flexibility index (Phi) is 6.46. The number of carbonyl (C=O) groups excluding carboxylic acids is 3. The van der Waals surface area contributed by atoms with Gasteiger partial charge in [0.15, 0.2) is 6.61 Å². The molecular weight excluding hydrogens is 336 g/mol. The molecule has 2 aromatic rings. The lowest BCUT2D eigenvalue weighted by atomic mass is 9.86. The number of urea groups is 1. The molecule has 2 aromatic carbocycles. The van der Waals surface area contributed by atoms with Crippen molar-refractivity contribution in [1.29, 1.82) is 0 Å². The summed E-state index contributed by atoms with van der Waals surface area (Å²) >= 11 is 0. The third-order valence-electron chi connectivity index (χ3n) is 3.61. The topological polar surface area (TPSA) is 108 Å². The minimum absolute atomic E-state index is 0.229. The van der Waals surface area contributed by atoms with Crippen LogP contribution in [0.1, 0.15) is 18.1 Å². The third-order valence-corrected chi connectivity index (χ3v) is 3.61. The Morgan fingerprint density at radius 1 is 0.962 bits per heavy atom. The number of nitrogens with one attached hydrogen (secondary N) is 1. The highest BCUT2D eigenvalue weighted by Gasteiger charge is 2.45. The zero-order valence-corrected chi connectivity index (χ0v) is 14.3. The lowest BCUT2D eigenvalue weighted by molar-refractivity contribution is -0.170. The van der Waals surface area contributed by atoms with Crippen molar-refractivity contribution >= 4 is 17.9 Å². The van der Waals surface area contributed by atoms with Crippen LogP contribution in [0.2, 0.25) is 0 Å². The summed E-state index contributed by atoms with van der Waals surface area (Å²) in [5.41, 5.74) is 4.47. The molecule has 0 aliphatic heterocycles. The van der Waals surface area contributed by atoms with Gasteiger partial charge in [0.05, 0.1) is 0 Å². The molecule has 136 valence electrons. The molecule has 0 bridgehead atoms. The average Bonchev–Trinajstić information content (AvgIpc) is 2.65. The normalized spacial score (nSPS) is 10.8. The Morgan fingerprint density at radius 2 is 1.46 bits per heavy atom. The molecule has 0 aromatic heterocycles. The smallest absolute Gasteiger partial charge is 0.348 e. The van der Waals surface area contributed by atoms with Crippen LogP contribution in [-0.4, -0.2) is 31.1 Å². The second-order valence-corrected chi connectivity index (χ2v) is 5.33. The van der Waals surface area contributed by atoms with Crippen molar-refractivity contribution in [2.75, 3.05) is 13.2 Å². The SMILES string of the molecule is CCOC(C(=O)OCC(=O)NC(N)=O)(c1ccccc1)c1ccccc1. The van der Waals surface area contributed by atoms with Crippen molar-refractivity contribution in [2.45, 2.75) is 12.5 Å². The van der Waals surface area contributed by atoms with Crippen LogP contribution in [0, 0.1) is 0 Å². The molecule has 7 heteroatoms. The van der Waals surface area contributed by atoms with E-state index < -0.39 is 30.1 Å². The first-order chi connectivity index (χ1) is 12.5. The van der Waals surface area contributed by atoms with E-state index in [4.69, 9.17) is 15.2 Å². The van der Waals surface area contributed by atoms with Crippen LogP contribution in [0.5, 0.6) is 0 Å². The Morgan fingerprint density at radius 3 is 1.88 bits per heavy atom. The van der Waals surface area contributed by atoms with E-state index in [1.807, 2.05) is 17.4 Å². The largest absolute Gasteiger partial charge is 0.453 e. The molecule has 0 unspecified atom stereocenters. The molecule has 0 fully saturated rings. The van der Waals surface area contributed by atoms with Crippen LogP contribution >= 0.6 is 0 Å². The lowest BCUT2D eigenvalue weighted by Crippen LogP contribution is -2.44. The minimum atomic E-state index is -1.54. The maximum atomic E-state index is 13.0. The quantitative estimate of drug-likeness (QED) is 0.734. The van der Waals surface area contributed by atoms with Crippen molar-refractivity contribution in [1.82, 2.24) is 5.32 Å². The molecule has 0 spiro atoms. The molecular formula is C19H20N2O5. The Labute approximate surface area is 151 Å². The zero-order valence-electron chi connectivity index (χ0n) is 14.3. The van der Waals surface area contributed by atoms with Gasteiger partial charge in [-0.2, -0.15) is 0 Å². The summed E-state index contributed by atoms with van der Waals surface area (Å²) in [5.74, 6) is -1.59. The van der Waals surface area contributed by atoms with Gasteiger partial charge in [0.25, 0.3) is 5.91 Å². The first-order valence-corrected chi connectivity index (χ1v) is 8.02. The van der Waals surface area contributed by atoms with Gasteiger partial charge in [0.2, 0.25) is 5.60 Å². The van der Waals surface area contributed by atoms with Crippen molar-refractivity contribution in [3.63, 3.8) is 0 Å². The summed E-state index contributed by atoms with van der Waals surface area (Å²) in [7, 11) is 0. The van der Waals surface area contributed by atoms with Gasteiger partial charge < -0.3 is 15.2 Å². The van der Waals surface area contributed by atoms with Gasteiger partial charge in [0, 0.05) is 6.61 Å². The number of amides is 3. The number of imide groups is 1. The summed E-state index contributed by atoms with van der Waals surface area (Å²) in [6.45, 7) is 1.33. The van der Waals surface area contributed by atoms with Crippen LogP contribution in [0.3, 0.4) is 0 Å². The lowest BCUT2D eigenvalue weighted by Gasteiger charge is -2.32. The van der Waals surface area contributed by atoms with Gasteiger partial charge in [-0.3, -0.25) is 10.1 Å². The standard InChI is InChI=1S/C19H20N2O5/c1-2-26-19(14-9-5-3-6-10-14,15-11-7-4-8-12-15)17(23)25-13-16(22)21-18(20)24/h3-12H,2,13H2,1H3,(H3,20,21,22,24). The molecule has 26 heavy (non-hydrogen) atoms. The van der Waals surface area contributed by atoms with Crippen LogP contribution in [0.25, 0.3) is 0 Å². The first kappa shape index (κ1) is 19.1. The molecule has 2 rings (SSSR count). The van der Waals surface area contributed by atoms with E-state index in [-0.39, 0.29) is 6.61 Å². The van der Waals surface area contributed by atoms with Crippen molar-refractivity contribution < 1.29 is 23.9 Å². The second-order valence-electron chi connectivity index (χ2n) is 5.33. The van der Waals surface area contributed by atoms with E-state index in [0.717, 1.165) is 0 Å². The van der Waals surface area contributed by atoms with E-state index in [1.165, 1.54) is 0 Å². The van der Waals surface area contributed by atoms with Gasteiger partial charge >= 0.3 is 12.0 Å². The molecule has 0 radical (unpaired) electrons. The van der Waals surface area contributed by atoms with Crippen LogP contribution in [0.4, 0.5) is 4.79 Å². The highest BCUT2D eigenvalue weighted by Crippen LogP contribution is 2.35. The molecule has 0 saturated carbocycles. The van der Waals surface area contributed by atoms with Crippen LogP contribution < -0.4 is 11.1 Å². The summed E-state index contributed by atoms with van der Waals surface area (Å²) < 4.78 is 11.0. The van der Waals surface area contributed by atoms with E-state index in [2.05, 4.69) is 0 Å². The number of rotatable bonds is 7. The molecule has 3 N–H and O–H groups in total. The highest BCUT2D eigenvalue weighted by atomic mass is 16.6. The molecule has 0 aliphatic carbocycles. The molecule has 0 atom stereocenters. The number of hydrogen-bond acceptors (Lipinski definition) is 5. The second kappa shape index (κ2) is 8.77. The van der Waals surface area contributed by atoms with Gasteiger partial charge in [-0.1, -0.05) is 60.7 Å². The van der Waals surface area contributed by atoms with E-state index in [1.54, 1.807) is 55.5 Å². The number of primary amides is 1. The van der Waals surface area contributed by atoms with Crippen LogP contribution in [-0.2, 0) is 24.7 Å². The van der Waals surface area contributed by atoms with Gasteiger partial charge in [-0.05, 0) is 18.1 Å². The average molecular weight is 356 g/mol. The fraction of sp³-hybridized carbons (Fsp3) is 0.211. The number of hydrogen-bond donors (Lipinski definition) is 2. The van der Waals surface area contributed by atoms with E-state index in [0.29, 0.717) is 11.1 Å². The summed E-state index contributed by atoms with van der Waals surface area (Å²) in [6.07, 6.45) is 0. The predicted molar refractivity (Wildman–Crippen MR) is 94.0 cm³/mol.